The van der Waals surface area contributed by atoms with Gasteiger partial charge in [-0.15, -0.1) is 0 Å². The Labute approximate surface area is 145 Å². The Hall–Kier alpha value is -2.47. The Balaban J connectivity index is 2.17. The Morgan fingerprint density at radius 3 is 1.79 bits per heavy atom. The van der Waals surface area contributed by atoms with Gasteiger partial charge in [-0.25, -0.2) is 8.78 Å². The first-order valence-electron chi connectivity index (χ1n) is 7.04. The summed E-state index contributed by atoms with van der Waals surface area (Å²) >= 11 is 3.30. The average Bonchev–Trinajstić information content (AvgIpc) is 2.56. The maximum atomic E-state index is 13.8. The Kier molecular flexibility index (Phi) is 4.49. The van der Waals surface area contributed by atoms with Crippen molar-refractivity contribution in [2.24, 2.45) is 0 Å². The van der Waals surface area contributed by atoms with E-state index in [0.717, 1.165) is 4.47 Å². The lowest BCUT2D eigenvalue weighted by molar-refractivity contribution is 0.431. The molecule has 2 N–H and O–H groups in total. The van der Waals surface area contributed by atoms with Crippen molar-refractivity contribution in [1.29, 1.82) is 0 Å². The summed E-state index contributed by atoms with van der Waals surface area (Å²) in [7, 11) is 0. The molecule has 0 atom stereocenters. The first-order valence-corrected chi connectivity index (χ1v) is 7.83. The number of pyridine rings is 1. The lowest BCUT2D eigenvalue weighted by atomic mass is 9.88. The molecule has 0 radical (unpaired) electrons. The fourth-order valence-corrected chi connectivity index (χ4v) is 2.73. The van der Waals surface area contributed by atoms with Crippen molar-refractivity contribution in [3.63, 3.8) is 0 Å². The van der Waals surface area contributed by atoms with E-state index in [1.54, 1.807) is 30.5 Å². The fourth-order valence-electron chi connectivity index (χ4n) is 2.50. The van der Waals surface area contributed by atoms with Crippen LogP contribution in [0.4, 0.5) is 8.78 Å². The zero-order valence-electron chi connectivity index (χ0n) is 12.2. The molecule has 1 aromatic heterocycles. The van der Waals surface area contributed by atoms with Crippen LogP contribution in [0.25, 0.3) is 0 Å². The van der Waals surface area contributed by atoms with Crippen LogP contribution in [0.3, 0.4) is 0 Å². The minimum absolute atomic E-state index is 0.460. The molecule has 1 heterocycles. The van der Waals surface area contributed by atoms with Crippen LogP contribution >= 0.6 is 15.9 Å². The van der Waals surface area contributed by atoms with Gasteiger partial charge in [0.1, 0.15) is 0 Å². The van der Waals surface area contributed by atoms with Crippen LogP contribution in [0.2, 0.25) is 0 Å². The van der Waals surface area contributed by atoms with Gasteiger partial charge >= 0.3 is 0 Å². The van der Waals surface area contributed by atoms with Crippen molar-refractivity contribution in [2.75, 3.05) is 0 Å². The molecule has 0 spiro atoms. The zero-order chi connectivity index (χ0) is 17.3. The number of aromatic nitrogens is 1. The summed E-state index contributed by atoms with van der Waals surface area (Å²) < 4.78 is 28.3. The summed E-state index contributed by atoms with van der Waals surface area (Å²) in [5.41, 5.74) is 1.59. The van der Waals surface area contributed by atoms with Gasteiger partial charge in [0.2, 0.25) is 0 Å². The number of phenols is 2. The first-order chi connectivity index (χ1) is 11.5. The quantitative estimate of drug-likeness (QED) is 0.679. The highest BCUT2D eigenvalue weighted by Gasteiger charge is 2.21. The molecule has 6 heteroatoms. The molecule has 122 valence electrons. The summed E-state index contributed by atoms with van der Waals surface area (Å²) in [4.78, 5) is 4.32. The largest absolute Gasteiger partial charge is 0.505 e. The van der Waals surface area contributed by atoms with E-state index < -0.39 is 29.1 Å². The molecule has 3 rings (SSSR count). The third-order valence-electron chi connectivity index (χ3n) is 3.66. The van der Waals surface area contributed by atoms with E-state index in [1.165, 1.54) is 24.3 Å². The predicted molar refractivity (Wildman–Crippen MR) is 89.0 cm³/mol. The highest BCUT2D eigenvalue weighted by atomic mass is 79.9. The van der Waals surface area contributed by atoms with E-state index in [1.807, 2.05) is 0 Å². The second-order valence-corrected chi connectivity index (χ2v) is 6.17. The molecule has 0 unspecified atom stereocenters. The average molecular weight is 392 g/mol. The van der Waals surface area contributed by atoms with E-state index in [2.05, 4.69) is 20.9 Å². The van der Waals surface area contributed by atoms with Crippen LogP contribution in [-0.4, -0.2) is 15.2 Å². The summed E-state index contributed by atoms with van der Waals surface area (Å²) in [5.74, 6) is -3.01. The van der Waals surface area contributed by atoms with Crippen molar-refractivity contribution in [2.45, 2.75) is 5.92 Å². The molecule has 0 saturated heterocycles. The molecule has 3 nitrogen and oxygen atoms in total. The molecule has 24 heavy (non-hydrogen) atoms. The second kappa shape index (κ2) is 6.57. The standard InChI is InChI=1S/C18H12BrF2NO2/c19-12-3-4-15(22-9-12)18(10-1-5-16(23)13(20)7-10)11-2-6-17(24)14(21)8-11/h1-9,18,23-24H. The number of halogens is 3. The van der Waals surface area contributed by atoms with Crippen LogP contribution in [-0.2, 0) is 0 Å². The summed E-state index contributed by atoms with van der Waals surface area (Å²) in [5, 5.41) is 18.8. The number of hydrogen-bond donors (Lipinski definition) is 2. The SMILES string of the molecule is Oc1ccc(C(c2ccc(O)c(F)c2)c2ccc(Br)cn2)cc1F. The van der Waals surface area contributed by atoms with Gasteiger partial charge in [0, 0.05) is 10.7 Å². The monoisotopic (exact) mass is 391 g/mol. The topological polar surface area (TPSA) is 53.4 Å². The van der Waals surface area contributed by atoms with Crippen LogP contribution < -0.4 is 0 Å². The van der Waals surface area contributed by atoms with Gasteiger partial charge in [-0.05, 0) is 63.5 Å². The van der Waals surface area contributed by atoms with Gasteiger partial charge in [0.05, 0.1) is 11.6 Å². The van der Waals surface area contributed by atoms with Gasteiger partial charge in [-0.2, -0.15) is 0 Å². The normalized spacial score (nSPS) is 11.0. The van der Waals surface area contributed by atoms with Gasteiger partial charge in [0.25, 0.3) is 0 Å². The number of aromatic hydroxyl groups is 2. The molecule has 3 aromatic rings. The van der Waals surface area contributed by atoms with Crippen molar-refractivity contribution in [3.05, 3.63) is 87.7 Å². The van der Waals surface area contributed by atoms with E-state index in [4.69, 9.17) is 0 Å². The van der Waals surface area contributed by atoms with Gasteiger partial charge in [0.15, 0.2) is 23.1 Å². The van der Waals surface area contributed by atoms with E-state index in [9.17, 15) is 19.0 Å². The van der Waals surface area contributed by atoms with E-state index >= 15 is 0 Å². The van der Waals surface area contributed by atoms with Crippen molar-refractivity contribution < 1.29 is 19.0 Å². The Morgan fingerprint density at radius 2 is 1.38 bits per heavy atom. The number of rotatable bonds is 3. The van der Waals surface area contributed by atoms with Gasteiger partial charge in [-0.1, -0.05) is 12.1 Å². The molecule has 0 aliphatic rings. The van der Waals surface area contributed by atoms with E-state index in [0.29, 0.717) is 16.8 Å². The molecular formula is C18H12BrF2NO2. The van der Waals surface area contributed by atoms with Crippen molar-refractivity contribution in [3.8, 4) is 11.5 Å². The van der Waals surface area contributed by atoms with Crippen molar-refractivity contribution in [1.82, 2.24) is 4.98 Å². The Bertz CT molecular complexity index is 833. The van der Waals surface area contributed by atoms with Crippen LogP contribution in [0.5, 0.6) is 11.5 Å². The first kappa shape index (κ1) is 16.4. The van der Waals surface area contributed by atoms with Crippen LogP contribution in [0.15, 0.2) is 59.2 Å². The minimum Gasteiger partial charge on any atom is -0.505 e. The molecule has 0 amide bonds. The molecule has 0 fully saturated rings. The fraction of sp³-hybridized carbons (Fsp3) is 0.0556. The number of nitrogens with zero attached hydrogens (tertiary/aromatic N) is 1. The van der Waals surface area contributed by atoms with Crippen LogP contribution in [0, 0.1) is 11.6 Å². The molecule has 0 bridgehead atoms. The van der Waals surface area contributed by atoms with Gasteiger partial charge < -0.3 is 10.2 Å². The predicted octanol–water partition coefficient (Wildman–Crippen LogP) is 4.71. The lowest BCUT2D eigenvalue weighted by Crippen LogP contribution is -2.06. The number of phenolic OH excluding ortho intramolecular Hbond substituents is 2. The minimum atomic E-state index is -0.770. The highest BCUT2D eigenvalue weighted by Crippen LogP contribution is 2.34. The summed E-state index contributed by atoms with van der Waals surface area (Å²) in [6.07, 6.45) is 1.59. The smallest absolute Gasteiger partial charge is 0.165 e. The second-order valence-electron chi connectivity index (χ2n) is 5.26. The number of hydrogen-bond acceptors (Lipinski definition) is 3. The Morgan fingerprint density at radius 1 is 0.833 bits per heavy atom. The maximum Gasteiger partial charge on any atom is 0.165 e. The zero-order valence-corrected chi connectivity index (χ0v) is 13.8. The molecule has 0 aliphatic heterocycles. The summed E-state index contributed by atoms with van der Waals surface area (Å²) in [6, 6.07) is 11.5. The lowest BCUT2D eigenvalue weighted by Gasteiger charge is -2.18. The van der Waals surface area contributed by atoms with Crippen LogP contribution in [0.1, 0.15) is 22.7 Å². The number of benzene rings is 2. The van der Waals surface area contributed by atoms with E-state index in [-0.39, 0.29) is 0 Å². The third-order valence-corrected chi connectivity index (χ3v) is 4.13. The third kappa shape index (κ3) is 3.23. The van der Waals surface area contributed by atoms with Crippen molar-refractivity contribution >= 4 is 15.9 Å². The molecule has 0 aliphatic carbocycles. The molecular weight excluding hydrogens is 380 g/mol. The van der Waals surface area contributed by atoms with Gasteiger partial charge in [-0.3, -0.25) is 4.98 Å². The highest BCUT2D eigenvalue weighted by molar-refractivity contribution is 9.10. The molecule has 0 saturated carbocycles. The molecule has 2 aromatic carbocycles. The maximum absolute atomic E-state index is 13.8. The summed E-state index contributed by atoms with van der Waals surface area (Å²) in [6.45, 7) is 0.